The molecule has 2 aromatic carbocycles. The standard InChI is InChI=1S/C25H32N2O4S/c1-16-9-12-20(32(29,30)27(3)23-7-5-6-8-24(23)31-4)15-21(16)25(28)26-17(2)22-14-18-10-11-19(22)13-18/h5-9,12,15,17-19,22H,10-11,13-14H2,1-4H3,(H,26,28)/t17-,18+,19+,22+/m1/s1. The molecule has 6 nitrogen and oxygen atoms in total. The first-order chi connectivity index (χ1) is 15.2. The molecule has 2 saturated carbocycles. The summed E-state index contributed by atoms with van der Waals surface area (Å²) in [4.78, 5) is 13.2. The Morgan fingerprint density at radius 2 is 1.91 bits per heavy atom. The molecule has 0 unspecified atom stereocenters. The van der Waals surface area contributed by atoms with Gasteiger partial charge in [-0.3, -0.25) is 9.10 Å². The van der Waals surface area contributed by atoms with E-state index in [1.807, 2.05) is 6.92 Å². The van der Waals surface area contributed by atoms with Crippen molar-refractivity contribution in [1.29, 1.82) is 0 Å². The van der Waals surface area contributed by atoms with Crippen molar-refractivity contribution in [2.45, 2.75) is 50.5 Å². The summed E-state index contributed by atoms with van der Waals surface area (Å²) < 4.78 is 33.2. The number of benzene rings is 2. The number of nitrogens with zero attached hydrogens (tertiary/aromatic N) is 1. The minimum atomic E-state index is -3.88. The molecule has 32 heavy (non-hydrogen) atoms. The molecule has 0 aliphatic heterocycles. The van der Waals surface area contributed by atoms with Crippen molar-refractivity contribution in [3.05, 3.63) is 53.6 Å². The molecule has 172 valence electrons. The number of para-hydroxylation sites is 2. The van der Waals surface area contributed by atoms with Crippen LogP contribution in [0.4, 0.5) is 5.69 Å². The fraction of sp³-hybridized carbons (Fsp3) is 0.480. The number of ether oxygens (including phenoxy) is 1. The maximum absolute atomic E-state index is 13.3. The molecule has 0 saturated heterocycles. The first-order valence-electron chi connectivity index (χ1n) is 11.3. The maximum atomic E-state index is 13.3. The van der Waals surface area contributed by atoms with Crippen molar-refractivity contribution in [1.82, 2.24) is 5.32 Å². The number of rotatable bonds is 7. The normalized spacial score (nSPS) is 23.1. The number of fused-ring (bicyclic) bond motifs is 2. The van der Waals surface area contributed by atoms with Crippen LogP contribution in [0.3, 0.4) is 0 Å². The predicted octanol–water partition coefficient (Wildman–Crippen LogP) is 4.38. The van der Waals surface area contributed by atoms with Crippen molar-refractivity contribution < 1.29 is 17.9 Å². The highest BCUT2D eigenvalue weighted by Gasteiger charge is 2.42. The molecule has 1 amide bonds. The summed E-state index contributed by atoms with van der Waals surface area (Å²) in [5.41, 5.74) is 1.59. The highest BCUT2D eigenvalue weighted by Crippen LogP contribution is 2.49. The van der Waals surface area contributed by atoms with Gasteiger partial charge in [-0.1, -0.05) is 24.6 Å². The number of aryl methyl sites for hydroxylation is 1. The number of hydrogen-bond donors (Lipinski definition) is 1. The Morgan fingerprint density at radius 3 is 2.56 bits per heavy atom. The lowest BCUT2D eigenvalue weighted by Crippen LogP contribution is -2.40. The number of nitrogens with one attached hydrogen (secondary N) is 1. The van der Waals surface area contributed by atoms with Gasteiger partial charge in [0.05, 0.1) is 17.7 Å². The van der Waals surface area contributed by atoms with Crippen LogP contribution in [-0.4, -0.2) is 34.5 Å². The van der Waals surface area contributed by atoms with Crippen molar-refractivity contribution in [3.8, 4) is 5.75 Å². The lowest BCUT2D eigenvalue weighted by Gasteiger charge is -2.28. The van der Waals surface area contributed by atoms with E-state index in [-0.39, 0.29) is 16.8 Å². The minimum absolute atomic E-state index is 0.0775. The van der Waals surface area contributed by atoms with Gasteiger partial charge < -0.3 is 10.1 Å². The molecular formula is C25H32N2O4S. The zero-order valence-electron chi connectivity index (χ0n) is 19.2. The molecule has 2 aliphatic carbocycles. The summed E-state index contributed by atoms with van der Waals surface area (Å²) in [5, 5.41) is 3.15. The zero-order chi connectivity index (χ0) is 23.0. The lowest BCUT2D eigenvalue weighted by molar-refractivity contribution is 0.0914. The van der Waals surface area contributed by atoms with Gasteiger partial charge in [0.25, 0.3) is 15.9 Å². The summed E-state index contributed by atoms with van der Waals surface area (Å²) >= 11 is 0. The van der Waals surface area contributed by atoms with Crippen LogP contribution in [0.1, 0.15) is 48.5 Å². The van der Waals surface area contributed by atoms with Gasteiger partial charge in [0.2, 0.25) is 0 Å². The van der Waals surface area contributed by atoms with Gasteiger partial charge in [-0.2, -0.15) is 0 Å². The van der Waals surface area contributed by atoms with Crippen LogP contribution in [0.2, 0.25) is 0 Å². The number of hydrogen-bond acceptors (Lipinski definition) is 4. The van der Waals surface area contributed by atoms with E-state index in [9.17, 15) is 13.2 Å². The first-order valence-corrected chi connectivity index (χ1v) is 12.7. The molecule has 1 N–H and O–H groups in total. The monoisotopic (exact) mass is 456 g/mol. The van der Waals surface area contributed by atoms with Gasteiger partial charge in [0.1, 0.15) is 5.75 Å². The summed E-state index contributed by atoms with van der Waals surface area (Å²) in [7, 11) is -0.880. The molecule has 0 radical (unpaired) electrons. The average Bonchev–Trinajstić information content (AvgIpc) is 3.42. The molecular weight excluding hydrogens is 424 g/mol. The Kier molecular flexibility index (Phi) is 6.21. The Labute approximate surface area is 191 Å². The Hall–Kier alpha value is -2.54. The van der Waals surface area contributed by atoms with Gasteiger partial charge in [-0.05, 0) is 80.7 Å². The van der Waals surface area contributed by atoms with E-state index < -0.39 is 10.0 Å². The Bertz CT molecular complexity index is 1110. The highest BCUT2D eigenvalue weighted by molar-refractivity contribution is 7.92. The maximum Gasteiger partial charge on any atom is 0.264 e. The van der Waals surface area contributed by atoms with Crippen LogP contribution in [0.25, 0.3) is 0 Å². The Balaban J connectivity index is 1.57. The first kappa shape index (κ1) is 22.6. The van der Waals surface area contributed by atoms with Gasteiger partial charge in [-0.25, -0.2) is 8.42 Å². The lowest BCUT2D eigenvalue weighted by atomic mass is 9.84. The van der Waals surface area contributed by atoms with Crippen LogP contribution in [0.15, 0.2) is 47.4 Å². The number of amides is 1. The number of anilines is 1. The SMILES string of the molecule is COc1ccccc1N(C)S(=O)(=O)c1ccc(C)c(C(=O)N[C@H](C)[C@@H]2C[C@H]3CC[C@H]2C3)c1. The van der Waals surface area contributed by atoms with Crippen LogP contribution < -0.4 is 14.4 Å². The number of carbonyl (C=O) groups excluding carboxylic acids is 1. The van der Waals surface area contributed by atoms with E-state index in [1.54, 1.807) is 36.4 Å². The van der Waals surface area contributed by atoms with E-state index in [2.05, 4.69) is 12.2 Å². The molecule has 2 fully saturated rings. The largest absolute Gasteiger partial charge is 0.495 e. The summed E-state index contributed by atoms with van der Waals surface area (Å²) in [6, 6.07) is 11.8. The van der Waals surface area contributed by atoms with Crippen LogP contribution in [-0.2, 0) is 10.0 Å². The summed E-state index contributed by atoms with van der Waals surface area (Å²) in [6.07, 6.45) is 5.05. The third-order valence-electron chi connectivity index (χ3n) is 7.33. The third-order valence-corrected chi connectivity index (χ3v) is 9.10. The molecule has 2 aliphatic rings. The second kappa shape index (κ2) is 8.77. The fourth-order valence-corrected chi connectivity index (χ4v) is 6.71. The molecule has 4 rings (SSSR count). The number of methoxy groups -OCH3 is 1. The summed E-state index contributed by atoms with van der Waals surface area (Å²) in [6.45, 7) is 3.91. The summed E-state index contributed by atoms with van der Waals surface area (Å²) in [5.74, 6) is 2.28. The van der Waals surface area contributed by atoms with Crippen molar-refractivity contribution in [2.75, 3.05) is 18.5 Å². The molecule has 0 heterocycles. The molecule has 0 spiro atoms. The molecule has 4 atom stereocenters. The van der Waals surface area contributed by atoms with Gasteiger partial charge in [-0.15, -0.1) is 0 Å². The van der Waals surface area contributed by atoms with Crippen molar-refractivity contribution in [3.63, 3.8) is 0 Å². The fourth-order valence-electron chi connectivity index (χ4n) is 5.48. The highest BCUT2D eigenvalue weighted by atomic mass is 32.2. The van der Waals surface area contributed by atoms with Crippen LogP contribution in [0, 0.1) is 24.7 Å². The van der Waals surface area contributed by atoms with Crippen LogP contribution in [0.5, 0.6) is 5.75 Å². The van der Waals surface area contributed by atoms with E-state index in [0.29, 0.717) is 28.8 Å². The van der Waals surface area contributed by atoms with Crippen LogP contribution >= 0.6 is 0 Å². The molecule has 0 aromatic heterocycles. The zero-order valence-corrected chi connectivity index (χ0v) is 20.0. The topological polar surface area (TPSA) is 75.7 Å². The minimum Gasteiger partial charge on any atom is -0.495 e. The average molecular weight is 457 g/mol. The van der Waals surface area contributed by atoms with E-state index in [0.717, 1.165) is 11.5 Å². The second-order valence-electron chi connectivity index (χ2n) is 9.22. The number of carbonyl (C=O) groups is 1. The van der Waals surface area contributed by atoms with Crippen molar-refractivity contribution in [2.24, 2.45) is 17.8 Å². The number of sulfonamides is 1. The van der Waals surface area contributed by atoms with E-state index >= 15 is 0 Å². The van der Waals surface area contributed by atoms with Gasteiger partial charge >= 0.3 is 0 Å². The second-order valence-corrected chi connectivity index (χ2v) is 11.2. The Morgan fingerprint density at radius 1 is 1.16 bits per heavy atom. The van der Waals surface area contributed by atoms with E-state index in [1.165, 1.54) is 50.2 Å². The molecule has 2 aromatic rings. The molecule has 2 bridgehead atoms. The third kappa shape index (κ3) is 4.10. The van der Waals surface area contributed by atoms with Gasteiger partial charge in [0, 0.05) is 18.7 Å². The molecule has 7 heteroatoms. The van der Waals surface area contributed by atoms with Crippen molar-refractivity contribution >= 4 is 21.6 Å². The van der Waals surface area contributed by atoms with E-state index in [4.69, 9.17) is 4.74 Å². The smallest absolute Gasteiger partial charge is 0.264 e. The van der Waals surface area contributed by atoms with Gasteiger partial charge in [0.15, 0.2) is 0 Å². The predicted molar refractivity (Wildman–Crippen MR) is 126 cm³/mol. The quantitative estimate of drug-likeness (QED) is 0.671.